The zero-order valence-electron chi connectivity index (χ0n) is 9.67. The summed E-state index contributed by atoms with van der Waals surface area (Å²) in [6.07, 6.45) is 1.56. The second-order valence-electron chi connectivity index (χ2n) is 4.31. The Morgan fingerprint density at radius 3 is 2.41 bits per heavy atom. The lowest BCUT2D eigenvalue weighted by Gasteiger charge is -2.33. The van der Waals surface area contributed by atoms with Crippen molar-refractivity contribution < 1.29 is 18.0 Å². The maximum atomic E-state index is 11.9. The van der Waals surface area contributed by atoms with Gasteiger partial charge < -0.3 is 10.6 Å². The van der Waals surface area contributed by atoms with E-state index in [4.69, 9.17) is 5.73 Å². The molecule has 0 spiro atoms. The van der Waals surface area contributed by atoms with Gasteiger partial charge in [0.25, 0.3) is 0 Å². The van der Waals surface area contributed by atoms with Crippen molar-refractivity contribution in [2.24, 2.45) is 11.7 Å². The third-order valence-electron chi connectivity index (χ3n) is 3.00. The van der Waals surface area contributed by atoms with E-state index in [9.17, 15) is 18.0 Å². The highest BCUT2D eigenvalue weighted by atomic mass is 32.2. The Kier molecular flexibility index (Phi) is 5.12. The van der Waals surface area contributed by atoms with E-state index in [0.717, 1.165) is 12.8 Å². The summed E-state index contributed by atoms with van der Waals surface area (Å²) < 4.78 is 35.8. The highest BCUT2D eigenvalue weighted by molar-refractivity contribution is 8.00. The smallest absolute Gasteiger partial charge is 0.342 e. The van der Waals surface area contributed by atoms with E-state index in [2.05, 4.69) is 0 Å². The van der Waals surface area contributed by atoms with Gasteiger partial charge in [0.05, 0.1) is 5.75 Å². The lowest BCUT2D eigenvalue weighted by molar-refractivity contribution is -0.130. The molecule has 1 unspecified atom stereocenters. The molecule has 1 fully saturated rings. The fourth-order valence-electron chi connectivity index (χ4n) is 1.91. The first-order valence-corrected chi connectivity index (χ1v) is 6.52. The molecule has 0 radical (unpaired) electrons. The zero-order valence-corrected chi connectivity index (χ0v) is 10.5. The third kappa shape index (κ3) is 5.16. The summed E-state index contributed by atoms with van der Waals surface area (Å²) >= 11 is -0.273. The number of amides is 1. The van der Waals surface area contributed by atoms with Crippen molar-refractivity contribution in [2.75, 3.05) is 18.8 Å². The molecule has 1 aliphatic heterocycles. The molecule has 1 aliphatic rings. The van der Waals surface area contributed by atoms with Crippen LogP contribution in [0, 0.1) is 5.92 Å². The van der Waals surface area contributed by atoms with Gasteiger partial charge in [-0.3, -0.25) is 4.79 Å². The van der Waals surface area contributed by atoms with Crippen molar-refractivity contribution in [3.05, 3.63) is 0 Å². The maximum Gasteiger partial charge on any atom is 0.442 e. The minimum absolute atomic E-state index is 0.0804. The van der Waals surface area contributed by atoms with Crippen molar-refractivity contribution >= 4 is 17.7 Å². The van der Waals surface area contributed by atoms with Crippen LogP contribution in [0.25, 0.3) is 0 Å². The molecule has 0 aromatic rings. The Bertz CT molecular complexity index is 263. The van der Waals surface area contributed by atoms with Crippen LogP contribution in [-0.4, -0.2) is 41.2 Å². The number of nitrogens with two attached hydrogens (primary N) is 1. The molecule has 0 aliphatic carbocycles. The lowest BCUT2D eigenvalue weighted by atomic mass is 9.91. The minimum atomic E-state index is -4.33. The number of carbonyl (C=O) groups is 1. The Hall–Kier alpha value is -0.430. The van der Waals surface area contributed by atoms with Crippen LogP contribution in [0.3, 0.4) is 0 Å². The molecule has 0 saturated carbocycles. The van der Waals surface area contributed by atoms with Gasteiger partial charge in [0, 0.05) is 19.1 Å². The number of nitrogens with zero attached hydrogens (tertiary/aromatic N) is 1. The molecule has 2 N–H and O–H groups in total. The molecule has 1 saturated heterocycles. The van der Waals surface area contributed by atoms with Gasteiger partial charge in [0.15, 0.2) is 0 Å². The summed E-state index contributed by atoms with van der Waals surface area (Å²) in [6, 6.07) is 0.0804. The van der Waals surface area contributed by atoms with Crippen LogP contribution in [-0.2, 0) is 4.79 Å². The number of halogens is 3. The highest BCUT2D eigenvalue weighted by Gasteiger charge is 2.31. The van der Waals surface area contributed by atoms with Gasteiger partial charge in [-0.05, 0) is 37.4 Å². The van der Waals surface area contributed by atoms with Crippen LogP contribution >= 0.6 is 11.8 Å². The van der Waals surface area contributed by atoms with Crippen molar-refractivity contribution in [3.8, 4) is 0 Å². The normalized spacial score (nSPS) is 20.4. The SMILES string of the molecule is CC(N)C1CCN(C(=O)CSC(F)(F)F)CC1. The fraction of sp³-hybridized carbons (Fsp3) is 0.900. The standard InChI is InChI=1S/C10H17F3N2OS/c1-7(14)8-2-4-15(5-3-8)9(16)6-17-10(11,12)13/h7-8H,2-6,14H2,1H3. The van der Waals surface area contributed by atoms with E-state index < -0.39 is 17.2 Å². The van der Waals surface area contributed by atoms with Gasteiger partial charge in [-0.25, -0.2) is 0 Å². The monoisotopic (exact) mass is 270 g/mol. The summed E-state index contributed by atoms with van der Waals surface area (Å²) in [5, 5.41) is 0. The zero-order chi connectivity index (χ0) is 13.1. The van der Waals surface area contributed by atoms with Gasteiger partial charge in [-0.1, -0.05) is 0 Å². The number of hydrogen-bond acceptors (Lipinski definition) is 3. The average Bonchev–Trinajstić information content (AvgIpc) is 2.25. The molecule has 0 aromatic carbocycles. The number of rotatable bonds is 3. The molecule has 17 heavy (non-hydrogen) atoms. The van der Waals surface area contributed by atoms with Gasteiger partial charge in [-0.2, -0.15) is 13.2 Å². The van der Waals surface area contributed by atoms with E-state index >= 15 is 0 Å². The Balaban J connectivity index is 2.31. The number of hydrogen-bond donors (Lipinski definition) is 1. The van der Waals surface area contributed by atoms with Gasteiger partial charge >= 0.3 is 5.51 Å². The van der Waals surface area contributed by atoms with E-state index in [1.807, 2.05) is 6.92 Å². The van der Waals surface area contributed by atoms with Crippen LogP contribution in [0.5, 0.6) is 0 Å². The summed E-state index contributed by atoms with van der Waals surface area (Å²) in [6.45, 7) is 2.95. The largest absolute Gasteiger partial charge is 0.442 e. The van der Waals surface area contributed by atoms with E-state index in [1.165, 1.54) is 4.90 Å². The first kappa shape index (κ1) is 14.6. The topological polar surface area (TPSA) is 46.3 Å². The van der Waals surface area contributed by atoms with Crippen molar-refractivity contribution in [1.82, 2.24) is 4.90 Å². The van der Waals surface area contributed by atoms with Gasteiger partial charge in [0.1, 0.15) is 0 Å². The summed E-state index contributed by atoms with van der Waals surface area (Å²) in [7, 11) is 0. The van der Waals surface area contributed by atoms with Gasteiger partial charge in [0.2, 0.25) is 5.91 Å². The molecule has 3 nitrogen and oxygen atoms in total. The predicted octanol–water partition coefficient (Wildman–Crippen LogP) is 1.83. The van der Waals surface area contributed by atoms with E-state index in [0.29, 0.717) is 19.0 Å². The summed E-state index contributed by atoms with van der Waals surface area (Å²) in [4.78, 5) is 13.0. The quantitative estimate of drug-likeness (QED) is 0.851. The maximum absolute atomic E-state index is 11.9. The van der Waals surface area contributed by atoms with Crippen LogP contribution < -0.4 is 5.73 Å². The molecule has 1 rings (SSSR count). The number of piperidine rings is 1. The molecule has 0 aromatic heterocycles. The number of alkyl halides is 3. The predicted molar refractivity (Wildman–Crippen MR) is 61.5 cm³/mol. The third-order valence-corrected chi connectivity index (χ3v) is 3.71. The molecule has 7 heteroatoms. The van der Waals surface area contributed by atoms with Crippen molar-refractivity contribution in [3.63, 3.8) is 0 Å². The van der Waals surface area contributed by atoms with Crippen LogP contribution in [0.1, 0.15) is 19.8 Å². The van der Waals surface area contributed by atoms with Crippen LogP contribution in [0.2, 0.25) is 0 Å². The van der Waals surface area contributed by atoms with E-state index in [1.54, 1.807) is 0 Å². The highest BCUT2D eigenvalue weighted by Crippen LogP contribution is 2.30. The summed E-state index contributed by atoms with van der Waals surface area (Å²) in [5.41, 5.74) is 1.41. The number of thioether (sulfide) groups is 1. The average molecular weight is 270 g/mol. The van der Waals surface area contributed by atoms with Crippen LogP contribution in [0.15, 0.2) is 0 Å². The molecular formula is C10H17F3N2OS. The number of carbonyl (C=O) groups excluding carboxylic acids is 1. The van der Waals surface area contributed by atoms with Gasteiger partial charge in [-0.15, -0.1) is 0 Å². The molecule has 1 atom stereocenters. The Labute approximate surface area is 103 Å². The minimum Gasteiger partial charge on any atom is -0.342 e. The second-order valence-corrected chi connectivity index (χ2v) is 5.35. The Morgan fingerprint density at radius 1 is 1.47 bits per heavy atom. The van der Waals surface area contributed by atoms with Crippen molar-refractivity contribution in [2.45, 2.75) is 31.3 Å². The fourth-order valence-corrected chi connectivity index (χ4v) is 2.38. The van der Waals surface area contributed by atoms with Crippen molar-refractivity contribution in [1.29, 1.82) is 0 Å². The molecule has 1 amide bonds. The molecule has 1 heterocycles. The molecule has 100 valence electrons. The summed E-state index contributed by atoms with van der Waals surface area (Å²) in [5.74, 6) is -0.587. The molecule has 0 bridgehead atoms. The molecular weight excluding hydrogens is 253 g/mol. The van der Waals surface area contributed by atoms with E-state index in [-0.39, 0.29) is 17.8 Å². The second kappa shape index (κ2) is 5.95. The Morgan fingerprint density at radius 2 is 2.00 bits per heavy atom. The number of likely N-dealkylation sites (tertiary alicyclic amines) is 1. The lowest BCUT2D eigenvalue weighted by Crippen LogP contribution is -2.43. The first-order chi connectivity index (χ1) is 7.79. The van der Waals surface area contributed by atoms with Crippen LogP contribution in [0.4, 0.5) is 13.2 Å². The first-order valence-electron chi connectivity index (χ1n) is 5.53.